The Morgan fingerprint density at radius 1 is 1.21 bits per heavy atom. The minimum atomic E-state index is 0.372. The number of nitrogens with one attached hydrogen (secondary N) is 2. The van der Waals surface area contributed by atoms with Gasteiger partial charge in [0.1, 0.15) is 0 Å². The van der Waals surface area contributed by atoms with Gasteiger partial charge in [-0.05, 0) is 36.0 Å². The maximum absolute atomic E-state index is 5.57. The van der Waals surface area contributed by atoms with Crippen molar-refractivity contribution in [3.05, 3.63) is 0 Å². The molecule has 0 aromatic heterocycles. The molecule has 1 aliphatic rings. The number of nitrogens with two attached hydrogens (primary N) is 1. The largest absolute Gasteiger partial charge is 0.353 e. The first-order valence-electron chi connectivity index (χ1n) is 7.41. The fourth-order valence-corrected chi connectivity index (χ4v) is 3.55. The number of hydrogen-bond acceptors (Lipinski definition) is 2. The Morgan fingerprint density at radius 3 is 2.16 bits per heavy atom. The van der Waals surface area contributed by atoms with Crippen LogP contribution in [0.1, 0.15) is 60.8 Å². The molecular formula is C15H32N4. The van der Waals surface area contributed by atoms with Gasteiger partial charge in [-0.1, -0.05) is 41.5 Å². The summed E-state index contributed by atoms with van der Waals surface area (Å²) in [5.74, 6) is 6.84. The molecule has 112 valence electrons. The highest BCUT2D eigenvalue weighted by Crippen LogP contribution is 2.45. The lowest BCUT2D eigenvalue weighted by atomic mass is 9.63. The molecule has 0 amide bonds. The molecule has 1 rings (SSSR count). The van der Waals surface area contributed by atoms with Crippen molar-refractivity contribution in [2.24, 2.45) is 27.6 Å². The molecule has 4 heteroatoms. The van der Waals surface area contributed by atoms with E-state index in [0.29, 0.717) is 22.8 Å². The van der Waals surface area contributed by atoms with E-state index in [1.165, 1.54) is 19.3 Å². The van der Waals surface area contributed by atoms with Crippen LogP contribution >= 0.6 is 0 Å². The Labute approximate surface area is 118 Å². The standard InChI is InChI=1S/C15H32N4/c1-11(2)9-17-13(19-16)18-12-7-14(3,4)10-15(5,6)8-12/h11-12H,7-10,16H2,1-6H3,(H2,17,18,19). The van der Waals surface area contributed by atoms with E-state index in [9.17, 15) is 0 Å². The molecule has 0 heterocycles. The summed E-state index contributed by atoms with van der Waals surface area (Å²) >= 11 is 0. The van der Waals surface area contributed by atoms with Crippen molar-refractivity contribution < 1.29 is 0 Å². The molecular weight excluding hydrogens is 236 g/mol. The van der Waals surface area contributed by atoms with Crippen molar-refractivity contribution in [1.82, 2.24) is 10.7 Å². The van der Waals surface area contributed by atoms with Crippen LogP contribution in [-0.4, -0.2) is 18.5 Å². The predicted molar refractivity (Wildman–Crippen MR) is 82.8 cm³/mol. The van der Waals surface area contributed by atoms with E-state index < -0.39 is 0 Å². The van der Waals surface area contributed by atoms with Crippen LogP contribution in [0.3, 0.4) is 0 Å². The summed E-state index contributed by atoms with van der Waals surface area (Å²) < 4.78 is 0. The molecule has 1 fully saturated rings. The fourth-order valence-electron chi connectivity index (χ4n) is 3.55. The normalized spacial score (nSPS) is 23.5. The van der Waals surface area contributed by atoms with Crippen molar-refractivity contribution >= 4 is 5.96 Å². The SMILES string of the molecule is CC(C)CN=C(NN)NC1CC(C)(C)CC(C)(C)C1. The number of guanidine groups is 1. The molecule has 0 aromatic rings. The highest BCUT2D eigenvalue weighted by atomic mass is 15.3. The van der Waals surface area contributed by atoms with Gasteiger partial charge in [0.25, 0.3) is 0 Å². The highest BCUT2D eigenvalue weighted by molar-refractivity contribution is 5.79. The van der Waals surface area contributed by atoms with Crippen molar-refractivity contribution in [2.75, 3.05) is 6.54 Å². The second-order valence-corrected chi connectivity index (χ2v) is 7.98. The summed E-state index contributed by atoms with van der Waals surface area (Å²) in [5.41, 5.74) is 3.44. The Balaban J connectivity index is 2.66. The predicted octanol–water partition coefficient (Wildman–Crippen LogP) is 2.66. The van der Waals surface area contributed by atoms with E-state index in [2.05, 4.69) is 57.3 Å². The highest BCUT2D eigenvalue weighted by Gasteiger charge is 2.38. The van der Waals surface area contributed by atoms with Crippen molar-refractivity contribution in [1.29, 1.82) is 0 Å². The van der Waals surface area contributed by atoms with Crippen LogP contribution in [0.15, 0.2) is 4.99 Å². The Kier molecular flexibility index (Phi) is 5.25. The number of rotatable bonds is 3. The summed E-state index contributed by atoms with van der Waals surface area (Å²) in [4.78, 5) is 4.50. The lowest BCUT2D eigenvalue weighted by Crippen LogP contribution is -2.51. The van der Waals surface area contributed by atoms with Gasteiger partial charge in [0, 0.05) is 12.6 Å². The minimum Gasteiger partial charge on any atom is -0.353 e. The lowest BCUT2D eigenvalue weighted by Gasteiger charge is -2.45. The number of aliphatic imine (C=N–C) groups is 1. The first-order chi connectivity index (χ1) is 8.63. The smallest absolute Gasteiger partial charge is 0.205 e. The Hall–Kier alpha value is -0.770. The van der Waals surface area contributed by atoms with Crippen LogP contribution in [0.2, 0.25) is 0 Å². The molecule has 0 radical (unpaired) electrons. The van der Waals surface area contributed by atoms with Gasteiger partial charge in [0.2, 0.25) is 5.96 Å². The summed E-state index contributed by atoms with van der Waals surface area (Å²) in [6.45, 7) is 14.5. The number of hydrazine groups is 1. The monoisotopic (exact) mass is 268 g/mol. The maximum atomic E-state index is 5.57. The third-order valence-corrected chi connectivity index (χ3v) is 3.65. The first kappa shape index (κ1) is 16.3. The van der Waals surface area contributed by atoms with Gasteiger partial charge >= 0.3 is 0 Å². The van der Waals surface area contributed by atoms with Crippen LogP contribution in [-0.2, 0) is 0 Å². The van der Waals surface area contributed by atoms with Crippen LogP contribution < -0.4 is 16.6 Å². The lowest BCUT2D eigenvalue weighted by molar-refractivity contribution is 0.0918. The van der Waals surface area contributed by atoms with Crippen LogP contribution in [0, 0.1) is 16.7 Å². The van der Waals surface area contributed by atoms with Gasteiger partial charge in [-0.15, -0.1) is 0 Å². The average Bonchev–Trinajstić information content (AvgIpc) is 2.19. The minimum absolute atomic E-state index is 0.372. The molecule has 1 aliphatic carbocycles. The van der Waals surface area contributed by atoms with Crippen LogP contribution in [0.4, 0.5) is 0 Å². The Morgan fingerprint density at radius 2 is 1.74 bits per heavy atom. The zero-order valence-electron chi connectivity index (χ0n) is 13.5. The Bertz CT molecular complexity index is 302. The molecule has 0 unspecified atom stereocenters. The molecule has 0 saturated heterocycles. The van der Waals surface area contributed by atoms with E-state index in [4.69, 9.17) is 5.84 Å². The summed E-state index contributed by atoms with van der Waals surface area (Å²) in [5, 5.41) is 3.49. The molecule has 0 spiro atoms. The molecule has 0 bridgehead atoms. The third kappa shape index (κ3) is 5.81. The molecule has 0 atom stereocenters. The van der Waals surface area contributed by atoms with E-state index in [1.807, 2.05) is 0 Å². The van der Waals surface area contributed by atoms with E-state index in [-0.39, 0.29) is 0 Å². The summed E-state index contributed by atoms with van der Waals surface area (Å²) in [6.07, 6.45) is 3.60. The van der Waals surface area contributed by atoms with Crippen LogP contribution in [0.5, 0.6) is 0 Å². The summed E-state index contributed by atoms with van der Waals surface area (Å²) in [7, 11) is 0. The van der Waals surface area contributed by atoms with Gasteiger partial charge < -0.3 is 5.32 Å². The van der Waals surface area contributed by atoms with Crippen LogP contribution in [0.25, 0.3) is 0 Å². The third-order valence-electron chi connectivity index (χ3n) is 3.65. The zero-order chi connectivity index (χ0) is 14.7. The second-order valence-electron chi connectivity index (χ2n) is 7.98. The van der Waals surface area contributed by atoms with Gasteiger partial charge in [-0.2, -0.15) is 0 Å². The first-order valence-corrected chi connectivity index (χ1v) is 7.41. The fraction of sp³-hybridized carbons (Fsp3) is 0.933. The topological polar surface area (TPSA) is 62.4 Å². The number of nitrogens with zero attached hydrogens (tertiary/aromatic N) is 1. The van der Waals surface area contributed by atoms with Gasteiger partial charge in [-0.3, -0.25) is 10.4 Å². The van der Waals surface area contributed by atoms with Gasteiger partial charge in [0.15, 0.2) is 0 Å². The van der Waals surface area contributed by atoms with E-state index in [0.717, 1.165) is 12.5 Å². The second kappa shape index (κ2) is 6.12. The van der Waals surface area contributed by atoms with Crippen molar-refractivity contribution in [3.63, 3.8) is 0 Å². The van der Waals surface area contributed by atoms with Gasteiger partial charge in [-0.25, -0.2) is 5.84 Å². The number of hydrogen-bond donors (Lipinski definition) is 3. The molecule has 1 saturated carbocycles. The quantitative estimate of drug-likeness (QED) is 0.319. The van der Waals surface area contributed by atoms with Gasteiger partial charge in [0.05, 0.1) is 0 Å². The molecule has 4 N–H and O–H groups in total. The van der Waals surface area contributed by atoms with Crippen molar-refractivity contribution in [3.8, 4) is 0 Å². The maximum Gasteiger partial charge on any atom is 0.205 e. The summed E-state index contributed by atoms with van der Waals surface area (Å²) in [6, 6.07) is 0.445. The molecule has 19 heavy (non-hydrogen) atoms. The zero-order valence-corrected chi connectivity index (χ0v) is 13.5. The van der Waals surface area contributed by atoms with Crippen molar-refractivity contribution in [2.45, 2.75) is 66.8 Å². The molecule has 4 nitrogen and oxygen atoms in total. The molecule has 0 aliphatic heterocycles. The van der Waals surface area contributed by atoms with E-state index >= 15 is 0 Å². The average molecular weight is 268 g/mol. The van der Waals surface area contributed by atoms with E-state index in [1.54, 1.807) is 0 Å². The molecule has 0 aromatic carbocycles.